The molecule has 6 N–H and O–H groups in total. The van der Waals surface area contributed by atoms with Crippen molar-refractivity contribution in [3.63, 3.8) is 0 Å². The van der Waals surface area contributed by atoms with Crippen molar-refractivity contribution >= 4 is 35.4 Å². The molecule has 2 fully saturated rings. The largest absolute Gasteiger partial charge is 0.375 e. The van der Waals surface area contributed by atoms with E-state index < -0.39 is 47.1 Å². The van der Waals surface area contributed by atoms with Gasteiger partial charge in [0.25, 0.3) is 0 Å². The second-order valence-corrected chi connectivity index (χ2v) is 22.9. The zero-order chi connectivity index (χ0) is 51.6. The molecule has 2 aliphatic carbocycles. The van der Waals surface area contributed by atoms with Gasteiger partial charge in [0.1, 0.15) is 24.2 Å². The maximum absolute atomic E-state index is 14.2. The summed E-state index contributed by atoms with van der Waals surface area (Å²) in [6, 6.07) is 12.4. The number of nitrogens with zero attached hydrogens (tertiary/aromatic N) is 2. The summed E-state index contributed by atoms with van der Waals surface area (Å²) in [6.45, 7) is 16.6. The second kappa shape index (κ2) is 24.7. The molecule has 15 nitrogen and oxygen atoms in total. The predicted molar refractivity (Wildman–Crippen MR) is 277 cm³/mol. The van der Waals surface area contributed by atoms with E-state index in [0.717, 1.165) is 74.5 Å². The first-order valence-electron chi connectivity index (χ1n) is 26.7. The lowest BCUT2D eigenvalue weighted by atomic mass is 9.85. The minimum absolute atomic E-state index is 0.120. The lowest BCUT2D eigenvalue weighted by Crippen LogP contribution is -2.59. The van der Waals surface area contributed by atoms with Crippen molar-refractivity contribution < 1.29 is 33.5 Å². The summed E-state index contributed by atoms with van der Waals surface area (Å²) in [6.07, 6.45) is 11.3. The number of carbonyl (C=O) groups is 6. The molecule has 4 aliphatic rings. The van der Waals surface area contributed by atoms with Crippen LogP contribution in [-0.2, 0) is 46.3 Å². The van der Waals surface area contributed by atoms with Crippen molar-refractivity contribution in [3.8, 4) is 0 Å². The van der Waals surface area contributed by atoms with Crippen molar-refractivity contribution in [2.75, 3.05) is 33.8 Å². The summed E-state index contributed by atoms with van der Waals surface area (Å²) >= 11 is 0. The quantitative estimate of drug-likeness (QED) is 0.0792. The summed E-state index contributed by atoms with van der Waals surface area (Å²) in [4.78, 5) is 85.6. The lowest BCUT2D eigenvalue weighted by Gasteiger charge is -2.36. The minimum Gasteiger partial charge on any atom is -0.375 e. The molecule has 2 saturated heterocycles. The molecule has 2 aromatic carbocycles. The van der Waals surface area contributed by atoms with Crippen molar-refractivity contribution in [1.29, 1.82) is 0 Å². The fraction of sp³-hybridized carbons (Fsp3) is 0.679. The van der Waals surface area contributed by atoms with E-state index in [1.54, 1.807) is 37.7 Å². The molecule has 0 spiro atoms. The number of likely N-dealkylation sites (tertiary alicyclic amines) is 2. The van der Waals surface area contributed by atoms with Gasteiger partial charge in [0.2, 0.25) is 35.4 Å². The highest BCUT2D eigenvalue weighted by molar-refractivity contribution is 5.95. The van der Waals surface area contributed by atoms with E-state index in [1.165, 1.54) is 5.56 Å². The maximum atomic E-state index is 14.2. The van der Waals surface area contributed by atoms with Crippen LogP contribution in [-0.4, -0.2) is 121 Å². The monoisotopic (exact) mass is 983 g/mol. The molecule has 0 aromatic heterocycles. The molecule has 6 amide bonds. The van der Waals surface area contributed by atoms with Crippen molar-refractivity contribution in [2.45, 2.75) is 193 Å². The summed E-state index contributed by atoms with van der Waals surface area (Å²) in [7, 11) is 3.42. The minimum atomic E-state index is -0.780. The van der Waals surface area contributed by atoms with Crippen molar-refractivity contribution in [3.05, 3.63) is 70.8 Å². The van der Waals surface area contributed by atoms with Gasteiger partial charge >= 0.3 is 0 Å². The van der Waals surface area contributed by atoms with Gasteiger partial charge in [-0.2, -0.15) is 0 Å². The molecule has 0 saturated carbocycles. The van der Waals surface area contributed by atoms with Gasteiger partial charge in [-0.3, -0.25) is 28.8 Å². The van der Waals surface area contributed by atoms with Crippen LogP contribution in [0.2, 0.25) is 0 Å². The number of likely N-dealkylation sites (N-methyl/N-ethyl adjacent to an activating group) is 2. The van der Waals surface area contributed by atoms with Gasteiger partial charge in [-0.1, -0.05) is 122 Å². The predicted octanol–water partition coefficient (Wildman–Crippen LogP) is 5.81. The second-order valence-electron chi connectivity index (χ2n) is 22.9. The number of amides is 6. The first-order chi connectivity index (χ1) is 33.7. The number of carbonyl (C=O) groups excluding carboxylic acids is 6. The number of benzene rings is 2. The number of nitrogens with one attached hydrogen (secondary N) is 6. The van der Waals surface area contributed by atoms with Crippen LogP contribution >= 0.6 is 0 Å². The summed E-state index contributed by atoms with van der Waals surface area (Å²) < 4.78 is 6.55. The van der Waals surface area contributed by atoms with E-state index in [0.29, 0.717) is 45.4 Å². The van der Waals surface area contributed by atoms with E-state index in [1.807, 2.05) is 59.7 Å². The van der Waals surface area contributed by atoms with E-state index >= 15 is 0 Å². The van der Waals surface area contributed by atoms with Crippen LogP contribution in [0.3, 0.4) is 0 Å². The number of unbranched alkanes of at least 4 members (excludes halogenated alkanes) is 5. The molecule has 0 bridgehead atoms. The summed E-state index contributed by atoms with van der Waals surface area (Å²) in [5.74, 6) is -1.000. The van der Waals surface area contributed by atoms with E-state index in [4.69, 9.17) is 4.74 Å². The zero-order valence-corrected chi connectivity index (χ0v) is 44.5. The van der Waals surface area contributed by atoms with Crippen molar-refractivity contribution in [1.82, 2.24) is 41.7 Å². The zero-order valence-electron chi connectivity index (χ0n) is 44.5. The van der Waals surface area contributed by atoms with Gasteiger partial charge in [0.05, 0.1) is 30.3 Å². The van der Waals surface area contributed by atoms with Gasteiger partial charge in [-0.05, 0) is 112 Å². The molecular formula is C56H86N8O7. The molecule has 392 valence electrons. The maximum Gasteiger partial charge on any atom is 0.246 e. The topological polar surface area (TPSA) is 190 Å². The molecule has 2 heterocycles. The molecule has 15 heteroatoms. The molecular weight excluding hydrogens is 897 g/mol. The Hall–Kier alpha value is -4.86. The molecule has 6 rings (SSSR count). The van der Waals surface area contributed by atoms with Gasteiger partial charge in [-0.25, -0.2) is 0 Å². The van der Waals surface area contributed by atoms with Gasteiger partial charge in [0.15, 0.2) is 0 Å². The smallest absolute Gasteiger partial charge is 0.246 e. The normalized spacial score (nSPS) is 23.6. The van der Waals surface area contributed by atoms with Crippen LogP contribution in [0.5, 0.6) is 0 Å². The Bertz CT molecular complexity index is 2020. The standard InChI is InChI=1S/C56H86N8O7/c1-35(57-9)49(65)61-47(55(3,4)5)53(69)63-30-21-28-42(63)51(67)59-45-39(33-37-23-16-18-26-40(37)45)25-15-13-11-12-14-20-32-71-44-34-38-24-17-19-27-41(38)46(44)60-52(68)43-29-22-31-64(43)54(70)48(56(6,7)8)62-50(66)36(2)58-10/h16-19,23-24,26-27,35-36,39,42-48,57-58H,11-15,20-22,25,28-34H2,1-10H3,(H,59,67)(H,60,68)(H,61,65)(H,62,66)/t35-,36-,39+,42-,43-,44+,45+,46-,47+,48+/m0/s1. The Morgan fingerprint density at radius 1 is 0.606 bits per heavy atom. The third-order valence-corrected chi connectivity index (χ3v) is 15.6. The van der Waals surface area contributed by atoms with Crippen LogP contribution in [0.4, 0.5) is 0 Å². The van der Waals surface area contributed by atoms with Crippen LogP contribution in [0.25, 0.3) is 0 Å². The molecule has 0 radical (unpaired) electrons. The van der Waals surface area contributed by atoms with Crippen LogP contribution < -0.4 is 31.9 Å². The number of ether oxygens (including phenoxy) is 1. The summed E-state index contributed by atoms with van der Waals surface area (Å²) in [5.41, 5.74) is 3.54. The van der Waals surface area contributed by atoms with Crippen LogP contribution in [0.1, 0.15) is 160 Å². The highest BCUT2D eigenvalue weighted by atomic mass is 16.5. The molecule has 10 atom stereocenters. The molecule has 0 unspecified atom stereocenters. The fourth-order valence-corrected chi connectivity index (χ4v) is 11.0. The SMILES string of the molecule is CN[C@@H](C)C(=O)N[C@H](C(=O)N1CCC[C@H]1C(=O)N[C@H]1c2ccccc2C[C@H]1CCCCCCCCO[C@@H]1Cc2ccccc2[C@@H]1NC(=O)[C@@H]1CCCN1C(=O)[C@@H](NC(=O)[C@H](C)NC)C(C)(C)C)C(C)(C)C. The average Bonchev–Trinajstić information content (AvgIpc) is 4.16. The highest BCUT2D eigenvalue weighted by Gasteiger charge is 2.46. The van der Waals surface area contributed by atoms with E-state index in [2.05, 4.69) is 62.2 Å². The highest BCUT2D eigenvalue weighted by Crippen LogP contribution is 2.40. The third kappa shape index (κ3) is 13.8. The first-order valence-corrected chi connectivity index (χ1v) is 26.7. The Labute approximate surface area is 423 Å². The van der Waals surface area contributed by atoms with Crippen LogP contribution in [0, 0.1) is 16.7 Å². The van der Waals surface area contributed by atoms with Crippen LogP contribution in [0.15, 0.2) is 48.5 Å². The lowest BCUT2D eigenvalue weighted by molar-refractivity contribution is -0.144. The van der Waals surface area contributed by atoms with Crippen molar-refractivity contribution in [2.24, 2.45) is 16.7 Å². The number of hydrogen-bond donors (Lipinski definition) is 6. The van der Waals surface area contributed by atoms with E-state index in [-0.39, 0.29) is 59.5 Å². The van der Waals surface area contributed by atoms with Gasteiger partial charge < -0.3 is 46.4 Å². The summed E-state index contributed by atoms with van der Waals surface area (Å²) in [5, 5.41) is 18.5. The average molecular weight is 983 g/mol. The Kier molecular flexibility index (Phi) is 19.3. The Balaban J connectivity index is 0.962. The third-order valence-electron chi connectivity index (χ3n) is 15.6. The fourth-order valence-electron chi connectivity index (χ4n) is 11.0. The molecule has 2 aliphatic heterocycles. The first kappa shape index (κ1) is 55.5. The molecule has 71 heavy (non-hydrogen) atoms. The number of rotatable bonds is 22. The Morgan fingerprint density at radius 2 is 1.04 bits per heavy atom. The van der Waals surface area contributed by atoms with E-state index in [9.17, 15) is 28.8 Å². The van der Waals surface area contributed by atoms with Gasteiger partial charge in [0, 0.05) is 26.1 Å². The Morgan fingerprint density at radius 3 is 1.54 bits per heavy atom. The molecule has 2 aromatic rings. The number of fused-ring (bicyclic) bond motifs is 2. The van der Waals surface area contributed by atoms with Gasteiger partial charge in [-0.15, -0.1) is 0 Å². The number of hydrogen-bond acceptors (Lipinski definition) is 9.